The summed E-state index contributed by atoms with van der Waals surface area (Å²) in [5.41, 5.74) is 11.7. The van der Waals surface area contributed by atoms with Gasteiger partial charge in [0.1, 0.15) is 36.0 Å². The minimum Gasteiger partial charge on any atom is -0.367 e. The number of nitrogens with zero attached hydrogens (tertiary/aromatic N) is 1. The molecule has 4 rings (SSSR count). The van der Waals surface area contributed by atoms with Crippen molar-refractivity contribution >= 4 is 102 Å². The molecule has 77 heavy (non-hydrogen) atoms. The molecule has 3 aromatic carbocycles. The number of primary amides is 1. The Bertz CT molecular complexity index is 2950. The van der Waals surface area contributed by atoms with Crippen molar-refractivity contribution < 1.29 is 72.7 Å². The summed E-state index contributed by atoms with van der Waals surface area (Å²) < 4.78 is 73.8. The molecule has 25 nitrogen and oxygen atoms in total. The first kappa shape index (κ1) is 62.9. The summed E-state index contributed by atoms with van der Waals surface area (Å²) in [4.78, 5) is 114. The molecule has 0 radical (unpaired) electrons. The second kappa shape index (κ2) is 28.7. The Morgan fingerprint density at radius 3 is 1.87 bits per heavy atom. The van der Waals surface area contributed by atoms with Crippen molar-refractivity contribution in [1.82, 2.24) is 36.5 Å². The van der Waals surface area contributed by atoms with Gasteiger partial charge in [-0.05, 0) is 92.0 Å². The molecule has 0 aliphatic heterocycles. The first-order chi connectivity index (χ1) is 36.2. The van der Waals surface area contributed by atoms with Crippen molar-refractivity contribution in [1.29, 1.82) is 0 Å². The van der Waals surface area contributed by atoms with E-state index >= 15 is 0 Å². The molecule has 1 heterocycles. The maximum Gasteiger partial charge on any atom is 0.446 e. The maximum absolute atomic E-state index is 14.5. The Labute approximate surface area is 453 Å². The van der Waals surface area contributed by atoms with Crippen LogP contribution in [0.2, 0.25) is 0 Å². The highest BCUT2D eigenvalue weighted by Gasteiger charge is 2.50. The van der Waals surface area contributed by atoms with Gasteiger partial charge >= 0.3 is 20.8 Å². The van der Waals surface area contributed by atoms with E-state index in [-0.39, 0.29) is 37.2 Å². The number of hydrogen-bond donors (Lipinski definition) is 10. The van der Waals surface area contributed by atoms with E-state index in [9.17, 15) is 59.7 Å². The van der Waals surface area contributed by atoms with Crippen LogP contribution in [0.4, 0.5) is 0 Å². The Hall–Kier alpha value is -6.60. The molecule has 0 saturated heterocycles. The molecule has 0 aliphatic carbocycles. The molecule has 1 aromatic heterocycles. The number of amides is 7. The molecule has 0 saturated carbocycles. The van der Waals surface area contributed by atoms with Crippen LogP contribution in [-0.4, -0.2) is 162 Å². The molecule has 4 aromatic rings. The van der Waals surface area contributed by atoms with E-state index in [0.29, 0.717) is 38.2 Å². The van der Waals surface area contributed by atoms with Crippen LogP contribution < -0.4 is 42.2 Å². The molecule has 0 aliphatic rings. The Morgan fingerprint density at radius 2 is 1.30 bits per heavy atom. The van der Waals surface area contributed by atoms with Gasteiger partial charge in [-0.3, -0.25) is 47.5 Å². The van der Waals surface area contributed by atoms with Gasteiger partial charge < -0.3 is 52.1 Å². The molecule has 0 spiro atoms. The van der Waals surface area contributed by atoms with E-state index in [1.807, 2.05) is 0 Å². The number of carbonyl (C=O) groups excluding carboxylic acids is 8. The molecule has 12 N–H and O–H groups in total. The number of Topliss-reactive ketones (excluding diaryl/α,β-unsaturated/α-hetero) is 1. The first-order valence-corrected chi connectivity index (χ1v) is 29.0. The monoisotopic (exact) mass is 1150 g/mol. The third kappa shape index (κ3) is 18.8. The van der Waals surface area contributed by atoms with Gasteiger partial charge in [0.15, 0.2) is 11.3 Å². The number of benzene rings is 3. The minimum atomic E-state index is -5.31. The van der Waals surface area contributed by atoms with Crippen LogP contribution in [0.1, 0.15) is 43.4 Å². The van der Waals surface area contributed by atoms with Crippen LogP contribution in [-0.2, 0) is 82.6 Å². The van der Waals surface area contributed by atoms with Crippen LogP contribution in [0.25, 0.3) is 10.9 Å². The number of aromatic nitrogens is 1. The number of carbonyl (C=O) groups is 8. The highest BCUT2D eigenvalue weighted by atomic mass is 32.3. The van der Waals surface area contributed by atoms with E-state index in [1.54, 1.807) is 73.3 Å². The molecule has 7 atom stereocenters. The van der Waals surface area contributed by atoms with Crippen molar-refractivity contribution in [2.75, 3.05) is 37.6 Å². The molecule has 29 heteroatoms. The van der Waals surface area contributed by atoms with E-state index in [2.05, 4.69) is 35.8 Å². The van der Waals surface area contributed by atoms with Gasteiger partial charge in [0, 0.05) is 37.0 Å². The number of para-hydroxylation sites is 1. The highest BCUT2D eigenvalue weighted by molar-refractivity contribution is 7.98. The van der Waals surface area contributed by atoms with Crippen molar-refractivity contribution in [2.45, 2.75) is 87.8 Å². The summed E-state index contributed by atoms with van der Waals surface area (Å²) in [6.07, 6.45) is 2.50. The zero-order valence-electron chi connectivity index (χ0n) is 42.5. The van der Waals surface area contributed by atoms with Gasteiger partial charge in [-0.25, -0.2) is 4.18 Å². The van der Waals surface area contributed by atoms with Crippen LogP contribution in [0.3, 0.4) is 0 Å². The second-order valence-corrected chi connectivity index (χ2v) is 21.6. The van der Waals surface area contributed by atoms with Gasteiger partial charge in [0.05, 0.1) is 12.6 Å². The fourth-order valence-corrected chi connectivity index (χ4v) is 9.84. The summed E-state index contributed by atoms with van der Waals surface area (Å²) in [6.45, 7) is 1.32. The smallest absolute Gasteiger partial charge is 0.367 e. The number of hydrogen-bond acceptors (Lipinski definition) is 17. The first-order valence-electron chi connectivity index (χ1n) is 23.5. The molecular weight excluding hydrogens is 1090 g/mol. The summed E-state index contributed by atoms with van der Waals surface area (Å²) in [7, 11) is -9.03. The summed E-state index contributed by atoms with van der Waals surface area (Å²) in [6, 6.07) is 13.0. The standard InChI is InChI=1S/C48H63N9O16S4/c1-28(72-76(66,67)68)41(46(64)57(3)48(29(2)58,47(50)65)25-31-11-7-6-8-12-31)56-44(62)38(20-22-75-5)55-45(63)39(24-32-26-51-36-14-10-9-13-34(32)36)53-40(59)27-52-43(61)37(19-21-74-4)54-42(60)35(49)23-30-15-17-33(18-16-30)73-77(69,70)71/h6-18,26,28,35,37-39,41,51H,19-25,27,49H2,1-5H3,(H2,50,65)(H,52,61)(H,53,59)(H,54,60)(H,55,63)(H,56,62)(H,66,67,68)(H,69,70,71)/t28-,35+,37+,38+,39+,41+,48-/m1/s1. The quantitative estimate of drug-likeness (QED) is 0.0229. The predicted molar refractivity (Wildman–Crippen MR) is 287 cm³/mol. The van der Waals surface area contributed by atoms with Crippen molar-refractivity contribution in [3.63, 3.8) is 0 Å². The van der Waals surface area contributed by atoms with Gasteiger partial charge in [-0.15, -0.1) is 0 Å². The zero-order chi connectivity index (χ0) is 57.3. The third-order valence-corrected chi connectivity index (χ3v) is 14.3. The molecular formula is C48H63N9O16S4. The SMILES string of the molecule is CSCC[C@H](NC(=O)[C@H](Cc1c[nH]c2ccccc12)NC(=O)CNC(=O)[C@H](CCSC)NC(=O)[C@@H](N)Cc1ccc(OS(=O)(=O)O)cc1)C(=O)N[C@H](C(=O)N(C)[C@](Cc1ccccc1)(C(C)=O)C(N)=O)[C@@H](C)OS(=O)(=O)O. The summed E-state index contributed by atoms with van der Waals surface area (Å²) in [5, 5.41) is 13.3. The Morgan fingerprint density at radius 1 is 0.727 bits per heavy atom. The lowest BCUT2D eigenvalue weighted by Crippen LogP contribution is -2.68. The van der Waals surface area contributed by atoms with Crippen LogP contribution >= 0.6 is 23.5 Å². The van der Waals surface area contributed by atoms with Crippen LogP contribution in [0.15, 0.2) is 85.1 Å². The van der Waals surface area contributed by atoms with Gasteiger partial charge in [0.25, 0.3) is 5.91 Å². The van der Waals surface area contributed by atoms with E-state index in [1.165, 1.54) is 47.8 Å². The maximum atomic E-state index is 14.5. The van der Waals surface area contributed by atoms with Gasteiger partial charge in [0.2, 0.25) is 35.4 Å². The summed E-state index contributed by atoms with van der Waals surface area (Å²) >= 11 is 2.64. The lowest BCUT2D eigenvalue weighted by Gasteiger charge is -2.40. The number of likely N-dealkylation sites (N-methyl/N-ethyl adjacent to an activating group) is 1. The molecule has 0 fully saturated rings. The van der Waals surface area contributed by atoms with Crippen molar-refractivity contribution in [3.05, 3.63) is 102 Å². The molecule has 7 amide bonds. The molecule has 0 bridgehead atoms. The average molecular weight is 1150 g/mol. The molecule has 420 valence electrons. The van der Waals surface area contributed by atoms with E-state index in [4.69, 9.17) is 20.2 Å². The number of fused-ring (bicyclic) bond motifs is 1. The normalized spacial score (nSPS) is 14.8. The number of ketones is 1. The van der Waals surface area contributed by atoms with E-state index in [0.717, 1.165) is 20.9 Å². The molecule has 0 unspecified atom stereocenters. The predicted octanol–water partition coefficient (Wildman–Crippen LogP) is -0.254. The topological polar surface area (TPSA) is 395 Å². The van der Waals surface area contributed by atoms with E-state index < -0.39 is 123 Å². The number of nitrogens with two attached hydrogens (primary N) is 2. The number of rotatable bonds is 31. The lowest BCUT2D eigenvalue weighted by molar-refractivity contribution is -0.154. The van der Waals surface area contributed by atoms with Gasteiger partial charge in [-0.2, -0.15) is 40.4 Å². The zero-order valence-corrected chi connectivity index (χ0v) is 45.8. The van der Waals surface area contributed by atoms with Crippen molar-refractivity contribution in [3.8, 4) is 5.75 Å². The number of aromatic amines is 1. The van der Waals surface area contributed by atoms with Crippen molar-refractivity contribution in [2.24, 2.45) is 11.5 Å². The van der Waals surface area contributed by atoms with Crippen LogP contribution in [0.5, 0.6) is 5.75 Å². The van der Waals surface area contributed by atoms with Gasteiger partial charge in [-0.1, -0.05) is 60.7 Å². The third-order valence-electron chi connectivity index (χ3n) is 12.1. The largest absolute Gasteiger partial charge is 0.446 e. The highest BCUT2D eigenvalue weighted by Crippen LogP contribution is 2.25. The Kier molecular flexibility index (Phi) is 23.4. The number of H-pyrrole nitrogens is 1. The number of nitrogens with one attached hydrogen (secondary N) is 6. The fourth-order valence-electron chi connectivity index (χ4n) is 8.05. The second-order valence-electron chi connectivity index (χ2n) is 17.6. The summed E-state index contributed by atoms with van der Waals surface area (Å²) in [5.74, 6) is -7.37. The fraction of sp³-hybridized carbons (Fsp3) is 0.417. The Balaban J connectivity index is 1.58. The minimum absolute atomic E-state index is 0.0531. The lowest BCUT2D eigenvalue weighted by atomic mass is 9.84. The average Bonchev–Trinajstić information content (AvgIpc) is 3.78. The van der Waals surface area contributed by atoms with Crippen LogP contribution in [0, 0.1) is 0 Å². The number of thioether (sulfide) groups is 2.